The Morgan fingerprint density at radius 2 is 1.78 bits per heavy atom. The summed E-state index contributed by atoms with van der Waals surface area (Å²) in [6.07, 6.45) is 0. The third kappa shape index (κ3) is 1.52. The predicted octanol–water partition coefficient (Wildman–Crippen LogP) is 2.43. The second kappa shape index (κ2) is 3.80. The van der Waals surface area contributed by atoms with Crippen LogP contribution in [0.5, 0.6) is 0 Å². The lowest BCUT2D eigenvalue weighted by molar-refractivity contribution is 0.628. The molecule has 2 aromatic heterocycles. The number of nitrogens with zero attached hydrogens (tertiary/aromatic N) is 3. The molecule has 0 unspecified atom stereocenters. The molecule has 3 aromatic rings. The zero-order valence-electron chi connectivity index (χ0n) is 9.76. The van der Waals surface area contributed by atoms with Gasteiger partial charge in [0, 0.05) is 11.3 Å². The molecular weight excluding hydrogens is 231 g/mol. The Morgan fingerprint density at radius 1 is 1.06 bits per heavy atom. The molecule has 0 atom stereocenters. The smallest absolute Gasteiger partial charge is 0.184 e. The van der Waals surface area contributed by atoms with Crippen LogP contribution in [0.2, 0.25) is 0 Å². The zero-order valence-corrected chi connectivity index (χ0v) is 9.76. The number of fused-ring (bicyclic) bond motifs is 1. The van der Waals surface area contributed by atoms with Crippen molar-refractivity contribution in [2.45, 2.75) is 6.92 Å². The fourth-order valence-electron chi connectivity index (χ4n) is 1.95. The van der Waals surface area contributed by atoms with Crippen LogP contribution in [-0.4, -0.2) is 14.6 Å². The van der Waals surface area contributed by atoms with Crippen molar-refractivity contribution in [2.24, 2.45) is 0 Å². The summed E-state index contributed by atoms with van der Waals surface area (Å²) in [7, 11) is 0. The molecule has 0 spiro atoms. The first-order chi connectivity index (χ1) is 8.66. The minimum atomic E-state index is -0.274. The van der Waals surface area contributed by atoms with Crippen molar-refractivity contribution in [3.63, 3.8) is 0 Å². The number of nitrogen functional groups attached to an aromatic ring is 1. The van der Waals surface area contributed by atoms with E-state index in [1.165, 1.54) is 12.1 Å². The molecule has 5 heteroatoms. The van der Waals surface area contributed by atoms with E-state index in [2.05, 4.69) is 10.2 Å². The van der Waals surface area contributed by atoms with Crippen molar-refractivity contribution in [3.05, 3.63) is 47.9 Å². The molecule has 0 radical (unpaired) electrons. The van der Waals surface area contributed by atoms with E-state index in [-0.39, 0.29) is 5.82 Å². The number of aromatic nitrogens is 3. The summed E-state index contributed by atoms with van der Waals surface area (Å²) in [6, 6.07) is 9.85. The summed E-state index contributed by atoms with van der Waals surface area (Å²) in [5.41, 5.74) is 8.83. The number of nitrogens with two attached hydrogens (primary N) is 1. The van der Waals surface area contributed by atoms with Crippen LogP contribution < -0.4 is 5.73 Å². The largest absolute Gasteiger partial charge is 0.396 e. The predicted molar refractivity (Wildman–Crippen MR) is 67.5 cm³/mol. The van der Waals surface area contributed by atoms with Crippen LogP contribution in [0.1, 0.15) is 5.69 Å². The fourth-order valence-corrected chi connectivity index (χ4v) is 1.95. The number of benzene rings is 1. The Hall–Kier alpha value is -2.43. The number of anilines is 1. The highest BCUT2D eigenvalue weighted by Crippen LogP contribution is 2.22. The summed E-state index contributed by atoms with van der Waals surface area (Å²) in [5, 5.41) is 8.20. The molecule has 0 fully saturated rings. The fraction of sp³-hybridized carbons (Fsp3) is 0.0769. The van der Waals surface area contributed by atoms with E-state index in [4.69, 9.17) is 5.73 Å². The maximum atomic E-state index is 12.9. The lowest BCUT2D eigenvalue weighted by Crippen LogP contribution is -1.98. The molecule has 1 aromatic carbocycles. The lowest BCUT2D eigenvalue weighted by atomic mass is 10.2. The van der Waals surface area contributed by atoms with Gasteiger partial charge in [0.15, 0.2) is 11.5 Å². The Kier molecular flexibility index (Phi) is 2.26. The second-order valence-electron chi connectivity index (χ2n) is 4.12. The minimum absolute atomic E-state index is 0.274. The van der Waals surface area contributed by atoms with Gasteiger partial charge in [-0.1, -0.05) is 0 Å². The van der Waals surface area contributed by atoms with E-state index in [9.17, 15) is 4.39 Å². The third-order valence-electron chi connectivity index (χ3n) is 2.88. The third-order valence-corrected chi connectivity index (χ3v) is 2.88. The van der Waals surface area contributed by atoms with E-state index < -0.39 is 0 Å². The van der Waals surface area contributed by atoms with Crippen LogP contribution in [0.15, 0.2) is 36.4 Å². The van der Waals surface area contributed by atoms with Gasteiger partial charge in [-0.15, -0.1) is 10.2 Å². The van der Waals surface area contributed by atoms with Crippen molar-refractivity contribution < 1.29 is 4.39 Å². The van der Waals surface area contributed by atoms with Crippen LogP contribution in [0, 0.1) is 12.7 Å². The van der Waals surface area contributed by atoms with Gasteiger partial charge >= 0.3 is 0 Å². The first kappa shape index (κ1) is 10.7. The molecule has 18 heavy (non-hydrogen) atoms. The Bertz CT molecular complexity index is 716. The Labute approximate surface area is 103 Å². The van der Waals surface area contributed by atoms with E-state index in [1.54, 1.807) is 18.2 Å². The number of pyridine rings is 1. The van der Waals surface area contributed by atoms with Gasteiger partial charge in [0.1, 0.15) is 5.82 Å². The van der Waals surface area contributed by atoms with E-state index >= 15 is 0 Å². The van der Waals surface area contributed by atoms with Crippen molar-refractivity contribution in [1.29, 1.82) is 0 Å². The number of rotatable bonds is 1. The quantitative estimate of drug-likeness (QED) is 0.713. The van der Waals surface area contributed by atoms with Gasteiger partial charge in [-0.3, -0.25) is 4.40 Å². The van der Waals surface area contributed by atoms with Gasteiger partial charge < -0.3 is 5.73 Å². The van der Waals surface area contributed by atoms with Crippen LogP contribution >= 0.6 is 0 Å². The topological polar surface area (TPSA) is 56.2 Å². The van der Waals surface area contributed by atoms with Crippen LogP contribution in [-0.2, 0) is 0 Å². The van der Waals surface area contributed by atoms with Crippen molar-refractivity contribution in [3.8, 4) is 11.4 Å². The Morgan fingerprint density at radius 3 is 2.50 bits per heavy atom. The van der Waals surface area contributed by atoms with Crippen LogP contribution in [0.3, 0.4) is 0 Å². The molecule has 0 aliphatic carbocycles. The zero-order chi connectivity index (χ0) is 12.7. The van der Waals surface area contributed by atoms with Crippen LogP contribution in [0.4, 0.5) is 10.1 Å². The van der Waals surface area contributed by atoms with E-state index in [0.717, 1.165) is 11.3 Å². The molecule has 0 saturated heterocycles. The molecule has 0 amide bonds. The highest BCUT2D eigenvalue weighted by Gasteiger charge is 2.11. The molecular formula is C13H11FN4. The Balaban J connectivity index is 2.30. The molecule has 0 aliphatic rings. The highest BCUT2D eigenvalue weighted by atomic mass is 19.1. The molecule has 0 bridgehead atoms. The number of aryl methyl sites for hydroxylation is 1. The van der Waals surface area contributed by atoms with E-state index in [1.807, 2.05) is 17.4 Å². The van der Waals surface area contributed by atoms with Gasteiger partial charge in [0.05, 0.1) is 5.69 Å². The standard InChI is InChI=1S/C13H11FN4/c1-8-2-7-11(15)13-17-16-12(18(8)13)9-3-5-10(14)6-4-9/h2-7H,15H2,1H3. The van der Waals surface area contributed by atoms with Gasteiger partial charge in [0.2, 0.25) is 0 Å². The summed E-state index contributed by atoms with van der Waals surface area (Å²) in [5.74, 6) is 0.388. The highest BCUT2D eigenvalue weighted by molar-refractivity contribution is 5.69. The SMILES string of the molecule is Cc1ccc(N)c2nnc(-c3ccc(F)cc3)n12. The van der Waals surface area contributed by atoms with Gasteiger partial charge in [-0.05, 0) is 43.3 Å². The number of halogens is 1. The monoisotopic (exact) mass is 242 g/mol. The molecule has 0 aliphatic heterocycles. The molecule has 0 saturated carbocycles. The molecule has 3 rings (SSSR count). The molecule has 2 heterocycles. The van der Waals surface area contributed by atoms with Gasteiger partial charge in [0.25, 0.3) is 0 Å². The summed E-state index contributed by atoms with van der Waals surface area (Å²) < 4.78 is 14.8. The van der Waals surface area contributed by atoms with Crippen molar-refractivity contribution in [1.82, 2.24) is 14.6 Å². The van der Waals surface area contributed by atoms with Gasteiger partial charge in [-0.2, -0.15) is 0 Å². The first-order valence-corrected chi connectivity index (χ1v) is 5.53. The average molecular weight is 242 g/mol. The molecule has 90 valence electrons. The maximum absolute atomic E-state index is 12.9. The summed E-state index contributed by atoms with van der Waals surface area (Å²) in [4.78, 5) is 0. The summed E-state index contributed by atoms with van der Waals surface area (Å²) >= 11 is 0. The second-order valence-corrected chi connectivity index (χ2v) is 4.12. The van der Waals surface area contributed by atoms with E-state index in [0.29, 0.717) is 17.2 Å². The first-order valence-electron chi connectivity index (χ1n) is 5.53. The lowest BCUT2D eigenvalue weighted by Gasteiger charge is -2.05. The summed E-state index contributed by atoms with van der Waals surface area (Å²) in [6.45, 7) is 1.95. The van der Waals surface area contributed by atoms with Gasteiger partial charge in [-0.25, -0.2) is 4.39 Å². The maximum Gasteiger partial charge on any atom is 0.184 e. The number of hydrogen-bond acceptors (Lipinski definition) is 3. The average Bonchev–Trinajstić information content (AvgIpc) is 2.81. The van der Waals surface area contributed by atoms with Crippen LogP contribution in [0.25, 0.3) is 17.0 Å². The number of hydrogen-bond donors (Lipinski definition) is 1. The molecule has 2 N–H and O–H groups in total. The van der Waals surface area contributed by atoms with Crippen molar-refractivity contribution >= 4 is 11.3 Å². The van der Waals surface area contributed by atoms with Crippen molar-refractivity contribution in [2.75, 3.05) is 5.73 Å². The normalized spacial score (nSPS) is 11.0. The minimum Gasteiger partial charge on any atom is -0.396 e. The molecule has 4 nitrogen and oxygen atoms in total.